The summed E-state index contributed by atoms with van der Waals surface area (Å²) in [6, 6.07) is 0. The number of aromatic nitrogens is 1. The van der Waals surface area contributed by atoms with Crippen LogP contribution in [-0.4, -0.2) is 17.1 Å². The largest absolute Gasteiger partial charge is 0.366 e. The second kappa shape index (κ2) is 4.37. The summed E-state index contributed by atoms with van der Waals surface area (Å²) >= 11 is 6.56. The highest BCUT2D eigenvalue weighted by atomic mass is 32.1. The average molecular weight is 201 g/mol. The Morgan fingerprint density at radius 3 is 3.00 bits per heavy atom. The van der Waals surface area contributed by atoms with E-state index >= 15 is 0 Å². The molecule has 0 fully saturated rings. The van der Waals surface area contributed by atoms with Crippen LogP contribution in [0.4, 0.5) is 0 Å². The van der Waals surface area contributed by atoms with Gasteiger partial charge in [-0.1, -0.05) is 0 Å². The molecule has 1 aromatic heterocycles. The minimum absolute atomic E-state index is 0.653. The van der Waals surface area contributed by atoms with Gasteiger partial charge in [-0.25, -0.2) is 4.98 Å². The van der Waals surface area contributed by atoms with Crippen molar-refractivity contribution in [3.8, 4) is 0 Å². The Balaban J connectivity index is 2.38. The zero-order valence-corrected chi connectivity index (χ0v) is 8.68. The van der Waals surface area contributed by atoms with Crippen LogP contribution in [0.2, 0.25) is 0 Å². The summed E-state index contributed by atoms with van der Waals surface area (Å²) in [7, 11) is 1.79. The summed E-state index contributed by atoms with van der Waals surface area (Å²) < 4.78 is 0. The van der Waals surface area contributed by atoms with E-state index in [1.54, 1.807) is 18.4 Å². The van der Waals surface area contributed by atoms with Crippen LogP contribution in [0.3, 0.4) is 0 Å². The third-order valence-electron chi connectivity index (χ3n) is 1.32. The first-order chi connectivity index (χ1) is 5.72. The summed E-state index contributed by atoms with van der Waals surface area (Å²) in [5, 5.41) is 9.63. The first kappa shape index (κ1) is 9.41. The molecule has 0 saturated heterocycles. The molecule has 0 aliphatic carbocycles. The van der Waals surface area contributed by atoms with Crippen LogP contribution in [0.5, 0.6) is 0 Å². The molecule has 5 heteroatoms. The van der Waals surface area contributed by atoms with E-state index in [9.17, 15) is 0 Å². The lowest BCUT2D eigenvalue weighted by atomic mass is 10.5. The van der Waals surface area contributed by atoms with Gasteiger partial charge >= 0.3 is 0 Å². The van der Waals surface area contributed by atoms with Crippen molar-refractivity contribution < 1.29 is 0 Å². The molecule has 0 aliphatic heterocycles. The molecule has 3 nitrogen and oxygen atoms in total. The maximum absolute atomic E-state index is 4.91. The average Bonchev–Trinajstić information content (AvgIpc) is 2.47. The van der Waals surface area contributed by atoms with E-state index in [1.807, 2.05) is 12.3 Å². The van der Waals surface area contributed by atoms with Gasteiger partial charge in [0.15, 0.2) is 5.11 Å². The number of hydrogen-bond donors (Lipinski definition) is 2. The fourth-order valence-electron chi connectivity index (χ4n) is 0.749. The van der Waals surface area contributed by atoms with Crippen molar-refractivity contribution >= 4 is 28.7 Å². The van der Waals surface area contributed by atoms with Gasteiger partial charge in [-0.3, -0.25) is 0 Å². The molecule has 12 heavy (non-hydrogen) atoms. The Labute approximate surface area is 81.2 Å². The van der Waals surface area contributed by atoms with Crippen molar-refractivity contribution in [3.05, 3.63) is 16.1 Å². The maximum Gasteiger partial charge on any atom is 0.166 e. The first-order valence-corrected chi connectivity index (χ1v) is 4.87. The van der Waals surface area contributed by atoms with Gasteiger partial charge in [-0.15, -0.1) is 11.3 Å². The topological polar surface area (TPSA) is 37.0 Å². The molecule has 0 amide bonds. The number of nitrogens with one attached hydrogen (secondary N) is 2. The van der Waals surface area contributed by atoms with E-state index in [4.69, 9.17) is 12.2 Å². The molecule has 0 radical (unpaired) electrons. The highest BCUT2D eigenvalue weighted by Crippen LogP contribution is 2.06. The van der Waals surface area contributed by atoms with Crippen LogP contribution in [0.25, 0.3) is 0 Å². The van der Waals surface area contributed by atoms with Crippen LogP contribution < -0.4 is 10.6 Å². The first-order valence-electron chi connectivity index (χ1n) is 3.59. The SMILES string of the molecule is CNC(=S)NCc1csc(C)n1. The third-order valence-corrected chi connectivity index (χ3v) is 2.49. The number of aryl methyl sites for hydroxylation is 1. The minimum atomic E-state index is 0.653. The fourth-order valence-corrected chi connectivity index (χ4v) is 1.43. The Kier molecular flexibility index (Phi) is 3.43. The normalized spacial score (nSPS) is 9.50. The van der Waals surface area contributed by atoms with Gasteiger partial charge in [0.05, 0.1) is 17.2 Å². The van der Waals surface area contributed by atoms with Crippen molar-refractivity contribution in [3.63, 3.8) is 0 Å². The Morgan fingerprint density at radius 2 is 2.50 bits per heavy atom. The second-order valence-corrected chi connectivity index (χ2v) is 3.76. The second-order valence-electron chi connectivity index (χ2n) is 2.29. The van der Waals surface area contributed by atoms with Gasteiger partial charge in [0, 0.05) is 12.4 Å². The predicted octanol–water partition coefficient (Wildman–Crippen LogP) is 1.05. The van der Waals surface area contributed by atoms with Crippen LogP contribution in [-0.2, 0) is 6.54 Å². The molecular weight excluding hydrogens is 190 g/mol. The molecule has 0 bridgehead atoms. The Bertz CT molecular complexity index is 269. The van der Waals surface area contributed by atoms with Crippen molar-refractivity contribution in [1.29, 1.82) is 0 Å². The van der Waals surface area contributed by atoms with Gasteiger partial charge in [0.1, 0.15) is 0 Å². The monoisotopic (exact) mass is 201 g/mol. The number of thiocarbonyl (C=S) groups is 1. The molecule has 0 atom stereocenters. The lowest BCUT2D eigenvalue weighted by molar-refractivity contribution is 0.861. The molecule has 0 aromatic carbocycles. The Morgan fingerprint density at radius 1 is 1.75 bits per heavy atom. The molecule has 0 unspecified atom stereocenters. The summed E-state index contributed by atoms with van der Waals surface area (Å²) in [5.74, 6) is 0. The number of rotatable bonds is 2. The highest BCUT2D eigenvalue weighted by molar-refractivity contribution is 7.80. The number of hydrogen-bond acceptors (Lipinski definition) is 3. The van der Waals surface area contributed by atoms with Crippen molar-refractivity contribution in [2.24, 2.45) is 0 Å². The van der Waals surface area contributed by atoms with E-state index in [-0.39, 0.29) is 0 Å². The standard InChI is InChI=1S/C7H11N3S2/c1-5-10-6(4-12-5)3-9-7(11)8-2/h4H,3H2,1-2H3,(H2,8,9,11). The number of nitrogens with zero attached hydrogens (tertiary/aromatic N) is 1. The zero-order chi connectivity index (χ0) is 8.97. The zero-order valence-electron chi connectivity index (χ0n) is 7.05. The van der Waals surface area contributed by atoms with Gasteiger partial charge in [-0.05, 0) is 19.1 Å². The molecule has 0 aliphatic rings. The molecule has 0 spiro atoms. The Hall–Kier alpha value is -0.680. The molecule has 1 rings (SSSR count). The van der Waals surface area contributed by atoms with Crippen molar-refractivity contribution in [2.45, 2.75) is 13.5 Å². The quantitative estimate of drug-likeness (QED) is 0.701. The summed E-state index contributed by atoms with van der Waals surface area (Å²) in [6.07, 6.45) is 0. The highest BCUT2D eigenvalue weighted by Gasteiger charge is 1.97. The molecule has 1 heterocycles. The summed E-state index contributed by atoms with van der Waals surface area (Å²) in [4.78, 5) is 4.29. The number of thiazole rings is 1. The lowest BCUT2D eigenvalue weighted by Crippen LogP contribution is -2.31. The molecule has 66 valence electrons. The fraction of sp³-hybridized carbons (Fsp3) is 0.429. The van der Waals surface area contributed by atoms with E-state index < -0.39 is 0 Å². The van der Waals surface area contributed by atoms with Gasteiger partial charge in [-0.2, -0.15) is 0 Å². The van der Waals surface area contributed by atoms with Gasteiger partial charge < -0.3 is 10.6 Å². The van der Waals surface area contributed by atoms with E-state index in [2.05, 4.69) is 15.6 Å². The van der Waals surface area contributed by atoms with Crippen LogP contribution in [0.1, 0.15) is 10.7 Å². The van der Waals surface area contributed by atoms with Crippen LogP contribution in [0.15, 0.2) is 5.38 Å². The summed E-state index contributed by atoms with van der Waals surface area (Å²) in [5.41, 5.74) is 1.04. The van der Waals surface area contributed by atoms with E-state index in [1.165, 1.54) is 0 Å². The van der Waals surface area contributed by atoms with Crippen LogP contribution in [0, 0.1) is 6.92 Å². The van der Waals surface area contributed by atoms with Crippen molar-refractivity contribution in [1.82, 2.24) is 15.6 Å². The predicted molar refractivity (Wildman–Crippen MR) is 55.3 cm³/mol. The summed E-state index contributed by atoms with van der Waals surface area (Å²) in [6.45, 7) is 2.69. The van der Waals surface area contributed by atoms with E-state index in [0.717, 1.165) is 10.7 Å². The van der Waals surface area contributed by atoms with Gasteiger partial charge in [0.25, 0.3) is 0 Å². The third kappa shape index (κ3) is 2.75. The molecule has 0 saturated carbocycles. The molecule has 1 aromatic rings. The maximum atomic E-state index is 4.91. The molecular formula is C7H11N3S2. The lowest BCUT2D eigenvalue weighted by Gasteiger charge is -2.03. The van der Waals surface area contributed by atoms with Crippen LogP contribution >= 0.6 is 23.6 Å². The van der Waals surface area contributed by atoms with Crippen molar-refractivity contribution in [2.75, 3.05) is 7.05 Å². The molecule has 2 N–H and O–H groups in total. The minimum Gasteiger partial charge on any atom is -0.366 e. The van der Waals surface area contributed by atoms with E-state index in [0.29, 0.717) is 11.7 Å². The van der Waals surface area contributed by atoms with Gasteiger partial charge in [0.2, 0.25) is 0 Å². The smallest absolute Gasteiger partial charge is 0.166 e.